The van der Waals surface area contributed by atoms with Crippen molar-refractivity contribution in [3.63, 3.8) is 0 Å². The largest absolute Gasteiger partial charge is 0.381 e. The Bertz CT molecular complexity index is 226. The standard InChI is InChI=1S/C10H17NS/c1-10(2)6-8(11(3)4)5-9(12)7-10/h5H,6-7H2,1-4H3. The second kappa shape index (κ2) is 3.17. The van der Waals surface area contributed by atoms with Gasteiger partial charge >= 0.3 is 0 Å². The molecule has 0 fully saturated rings. The van der Waals surface area contributed by atoms with Crippen molar-refractivity contribution in [2.45, 2.75) is 26.7 Å². The van der Waals surface area contributed by atoms with E-state index >= 15 is 0 Å². The molecular formula is C10H17NS. The fraction of sp³-hybridized carbons (Fsp3) is 0.700. The van der Waals surface area contributed by atoms with E-state index in [0.717, 1.165) is 17.7 Å². The molecule has 0 amide bonds. The van der Waals surface area contributed by atoms with Crippen molar-refractivity contribution in [2.24, 2.45) is 5.41 Å². The molecule has 0 N–H and O–H groups in total. The molecule has 1 aliphatic carbocycles. The SMILES string of the molecule is CN(C)C1=CC(=S)CC(C)(C)C1. The third-order valence-electron chi connectivity index (χ3n) is 2.21. The molecule has 0 heterocycles. The van der Waals surface area contributed by atoms with Crippen molar-refractivity contribution in [3.05, 3.63) is 11.8 Å². The molecule has 0 aromatic carbocycles. The van der Waals surface area contributed by atoms with Crippen LogP contribution >= 0.6 is 12.2 Å². The summed E-state index contributed by atoms with van der Waals surface area (Å²) >= 11 is 5.25. The van der Waals surface area contributed by atoms with E-state index in [1.54, 1.807) is 0 Å². The van der Waals surface area contributed by atoms with Crippen LogP contribution in [-0.4, -0.2) is 23.9 Å². The van der Waals surface area contributed by atoms with Crippen LogP contribution in [-0.2, 0) is 0 Å². The predicted octanol–water partition coefficient (Wildman–Crippen LogP) is 2.62. The summed E-state index contributed by atoms with van der Waals surface area (Å²) < 4.78 is 0. The Kier molecular flexibility index (Phi) is 2.57. The van der Waals surface area contributed by atoms with Crippen molar-refractivity contribution in [2.75, 3.05) is 14.1 Å². The molecule has 0 aromatic heterocycles. The number of allylic oxidation sites excluding steroid dienone is 2. The molecule has 68 valence electrons. The highest BCUT2D eigenvalue weighted by Gasteiger charge is 2.25. The molecule has 0 aromatic rings. The minimum absolute atomic E-state index is 0.353. The zero-order valence-corrected chi connectivity index (χ0v) is 9.16. The van der Waals surface area contributed by atoms with Gasteiger partial charge < -0.3 is 4.90 Å². The van der Waals surface area contributed by atoms with Gasteiger partial charge in [-0.1, -0.05) is 26.1 Å². The van der Waals surface area contributed by atoms with Crippen LogP contribution < -0.4 is 0 Å². The van der Waals surface area contributed by atoms with Gasteiger partial charge in [0.2, 0.25) is 0 Å². The zero-order chi connectivity index (χ0) is 9.35. The van der Waals surface area contributed by atoms with E-state index in [1.165, 1.54) is 5.70 Å². The van der Waals surface area contributed by atoms with Gasteiger partial charge in [0.1, 0.15) is 0 Å². The van der Waals surface area contributed by atoms with Crippen LogP contribution in [0.4, 0.5) is 0 Å². The maximum absolute atomic E-state index is 5.25. The Morgan fingerprint density at radius 2 is 1.92 bits per heavy atom. The topological polar surface area (TPSA) is 3.24 Å². The molecule has 1 rings (SSSR count). The number of hydrogen-bond donors (Lipinski definition) is 0. The molecule has 0 atom stereocenters. The summed E-state index contributed by atoms with van der Waals surface area (Å²) in [6, 6.07) is 0. The van der Waals surface area contributed by atoms with Crippen molar-refractivity contribution < 1.29 is 0 Å². The van der Waals surface area contributed by atoms with E-state index in [0.29, 0.717) is 5.41 Å². The van der Waals surface area contributed by atoms with Crippen molar-refractivity contribution in [1.29, 1.82) is 0 Å². The maximum atomic E-state index is 5.25. The molecule has 0 unspecified atom stereocenters. The number of hydrogen-bond acceptors (Lipinski definition) is 2. The fourth-order valence-corrected chi connectivity index (χ4v) is 2.13. The Balaban J connectivity index is 2.84. The van der Waals surface area contributed by atoms with Crippen LogP contribution in [0.1, 0.15) is 26.7 Å². The number of rotatable bonds is 1. The lowest BCUT2D eigenvalue weighted by molar-refractivity contribution is 0.328. The lowest BCUT2D eigenvalue weighted by Crippen LogP contribution is -2.26. The molecule has 0 saturated heterocycles. The quantitative estimate of drug-likeness (QED) is 0.575. The van der Waals surface area contributed by atoms with Gasteiger partial charge in [-0.05, 0) is 24.3 Å². The lowest BCUT2D eigenvalue weighted by Gasteiger charge is -2.33. The van der Waals surface area contributed by atoms with E-state index in [4.69, 9.17) is 12.2 Å². The van der Waals surface area contributed by atoms with Gasteiger partial charge in [-0.2, -0.15) is 0 Å². The second-order valence-electron chi connectivity index (χ2n) is 4.51. The number of nitrogens with zero attached hydrogens (tertiary/aromatic N) is 1. The van der Waals surface area contributed by atoms with E-state index in [1.807, 2.05) is 0 Å². The van der Waals surface area contributed by atoms with Gasteiger partial charge in [0.05, 0.1) is 0 Å². The summed E-state index contributed by atoms with van der Waals surface area (Å²) in [5, 5.41) is 0. The van der Waals surface area contributed by atoms with Crippen LogP contribution in [0.3, 0.4) is 0 Å². The van der Waals surface area contributed by atoms with Crippen molar-refractivity contribution in [1.82, 2.24) is 4.90 Å². The molecule has 0 aliphatic heterocycles. The van der Waals surface area contributed by atoms with Gasteiger partial charge in [0, 0.05) is 24.7 Å². The van der Waals surface area contributed by atoms with Crippen LogP contribution in [0, 0.1) is 5.41 Å². The molecule has 0 spiro atoms. The van der Waals surface area contributed by atoms with Gasteiger partial charge in [-0.25, -0.2) is 0 Å². The lowest BCUT2D eigenvalue weighted by atomic mass is 9.79. The predicted molar refractivity (Wildman–Crippen MR) is 57.4 cm³/mol. The first-order chi connectivity index (χ1) is 5.41. The average molecular weight is 183 g/mol. The highest BCUT2D eigenvalue weighted by atomic mass is 32.1. The van der Waals surface area contributed by atoms with Crippen LogP contribution in [0.15, 0.2) is 11.8 Å². The molecule has 0 saturated carbocycles. The Labute approximate surface area is 80.4 Å². The van der Waals surface area contributed by atoms with Crippen LogP contribution in [0.5, 0.6) is 0 Å². The van der Waals surface area contributed by atoms with Crippen molar-refractivity contribution >= 4 is 17.1 Å². The molecule has 1 aliphatic rings. The first kappa shape index (κ1) is 9.72. The summed E-state index contributed by atoms with van der Waals surface area (Å²) in [4.78, 5) is 3.25. The first-order valence-corrected chi connectivity index (χ1v) is 4.72. The summed E-state index contributed by atoms with van der Waals surface area (Å²) in [6.45, 7) is 4.55. The Hall–Kier alpha value is -0.370. The van der Waals surface area contributed by atoms with Crippen LogP contribution in [0.25, 0.3) is 0 Å². The third kappa shape index (κ3) is 2.31. The van der Waals surface area contributed by atoms with Gasteiger partial charge in [0.25, 0.3) is 0 Å². The Morgan fingerprint density at radius 1 is 1.33 bits per heavy atom. The van der Waals surface area contributed by atoms with Crippen molar-refractivity contribution in [3.8, 4) is 0 Å². The zero-order valence-electron chi connectivity index (χ0n) is 8.35. The number of thiocarbonyl (C=S) groups is 1. The van der Waals surface area contributed by atoms with E-state index in [9.17, 15) is 0 Å². The first-order valence-electron chi connectivity index (χ1n) is 4.31. The molecule has 2 heteroatoms. The molecule has 0 bridgehead atoms. The summed E-state index contributed by atoms with van der Waals surface area (Å²) in [6.07, 6.45) is 4.33. The van der Waals surface area contributed by atoms with Gasteiger partial charge in [0.15, 0.2) is 0 Å². The Morgan fingerprint density at radius 3 is 2.33 bits per heavy atom. The normalized spacial score (nSPS) is 22.0. The second-order valence-corrected chi connectivity index (χ2v) is 5.04. The van der Waals surface area contributed by atoms with E-state index < -0.39 is 0 Å². The summed E-state index contributed by atoms with van der Waals surface area (Å²) in [5.41, 5.74) is 1.71. The fourth-order valence-electron chi connectivity index (χ4n) is 1.60. The van der Waals surface area contributed by atoms with E-state index in [-0.39, 0.29) is 0 Å². The van der Waals surface area contributed by atoms with Crippen LogP contribution in [0.2, 0.25) is 0 Å². The summed E-state index contributed by atoms with van der Waals surface area (Å²) in [7, 11) is 4.16. The highest BCUT2D eigenvalue weighted by molar-refractivity contribution is 7.80. The smallest absolute Gasteiger partial charge is 0.0174 e. The van der Waals surface area contributed by atoms with Gasteiger partial charge in [-0.15, -0.1) is 0 Å². The maximum Gasteiger partial charge on any atom is 0.0174 e. The third-order valence-corrected chi connectivity index (χ3v) is 2.48. The molecule has 12 heavy (non-hydrogen) atoms. The van der Waals surface area contributed by atoms with Gasteiger partial charge in [-0.3, -0.25) is 0 Å². The molecular weight excluding hydrogens is 166 g/mol. The molecule has 1 nitrogen and oxygen atoms in total. The highest BCUT2D eigenvalue weighted by Crippen LogP contribution is 2.34. The molecule has 0 radical (unpaired) electrons. The monoisotopic (exact) mass is 183 g/mol. The van der Waals surface area contributed by atoms with E-state index in [2.05, 4.69) is 38.9 Å². The minimum atomic E-state index is 0.353. The average Bonchev–Trinajstić information content (AvgIpc) is 1.82. The minimum Gasteiger partial charge on any atom is -0.381 e. The summed E-state index contributed by atoms with van der Waals surface area (Å²) in [5.74, 6) is 0.